The molecule has 0 unspecified atom stereocenters. The Labute approximate surface area is 191 Å². The number of benzene rings is 1. The molecular formula is C23H28N4O2S2. The lowest BCUT2D eigenvalue weighted by molar-refractivity contribution is -0.132. The van der Waals surface area contributed by atoms with Gasteiger partial charge in [0.25, 0.3) is 0 Å². The van der Waals surface area contributed by atoms with Gasteiger partial charge in [0.15, 0.2) is 0 Å². The van der Waals surface area contributed by atoms with Crippen molar-refractivity contribution in [1.82, 2.24) is 19.8 Å². The number of piperazine rings is 1. The minimum atomic E-state index is 0.241. The molecule has 3 aromatic rings. The van der Waals surface area contributed by atoms with Crippen LogP contribution in [0, 0.1) is 0 Å². The van der Waals surface area contributed by atoms with E-state index < -0.39 is 0 Å². The molecule has 6 nitrogen and oxygen atoms in total. The lowest BCUT2D eigenvalue weighted by Crippen LogP contribution is -2.48. The van der Waals surface area contributed by atoms with Crippen molar-refractivity contribution in [3.8, 4) is 16.9 Å². The predicted octanol–water partition coefficient (Wildman–Crippen LogP) is 4.40. The van der Waals surface area contributed by atoms with Gasteiger partial charge < -0.3 is 14.5 Å². The zero-order chi connectivity index (χ0) is 21.6. The van der Waals surface area contributed by atoms with Crippen molar-refractivity contribution < 1.29 is 9.53 Å². The molecule has 0 N–H and O–H groups in total. The van der Waals surface area contributed by atoms with E-state index in [2.05, 4.69) is 39.3 Å². The zero-order valence-electron chi connectivity index (χ0n) is 18.0. The second-order valence-electron chi connectivity index (χ2n) is 7.38. The molecule has 1 aromatic carbocycles. The van der Waals surface area contributed by atoms with E-state index in [1.165, 1.54) is 0 Å². The Hall–Kier alpha value is -2.16. The van der Waals surface area contributed by atoms with Gasteiger partial charge in [-0.15, -0.1) is 23.1 Å². The fraction of sp³-hybridized carbons (Fsp3) is 0.435. The molecule has 2 aromatic heterocycles. The molecule has 1 aliphatic heterocycles. The first-order chi connectivity index (χ1) is 15.2. The number of hydrogen-bond acceptors (Lipinski definition) is 7. The van der Waals surface area contributed by atoms with Crippen LogP contribution >= 0.6 is 23.1 Å². The van der Waals surface area contributed by atoms with Crippen molar-refractivity contribution >= 4 is 39.2 Å². The van der Waals surface area contributed by atoms with Gasteiger partial charge in [0.1, 0.15) is 21.9 Å². The van der Waals surface area contributed by atoms with E-state index in [9.17, 15) is 4.79 Å². The summed E-state index contributed by atoms with van der Waals surface area (Å²) in [6, 6.07) is 8.15. The van der Waals surface area contributed by atoms with Crippen molar-refractivity contribution in [1.29, 1.82) is 0 Å². The number of likely N-dealkylation sites (N-methyl/N-ethyl adjacent to an activating group) is 1. The number of amides is 1. The Morgan fingerprint density at radius 2 is 1.90 bits per heavy atom. The monoisotopic (exact) mass is 456 g/mol. The van der Waals surface area contributed by atoms with Crippen LogP contribution in [0.5, 0.6) is 5.75 Å². The summed E-state index contributed by atoms with van der Waals surface area (Å²) in [5.74, 6) is 1.83. The van der Waals surface area contributed by atoms with Crippen LogP contribution in [-0.2, 0) is 4.79 Å². The Kier molecular flexibility index (Phi) is 7.42. The summed E-state index contributed by atoms with van der Waals surface area (Å²) < 4.78 is 5.56. The average molecular weight is 457 g/mol. The van der Waals surface area contributed by atoms with E-state index in [0.717, 1.165) is 70.6 Å². The molecule has 0 atom stereocenters. The van der Waals surface area contributed by atoms with Crippen molar-refractivity contribution in [3.63, 3.8) is 0 Å². The van der Waals surface area contributed by atoms with Crippen molar-refractivity contribution in [2.24, 2.45) is 0 Å². The topological polar surface area (TPSA) is 58.6 Å². The number of thioether (sulfide) groups is 1. The molecule has 0 radical (unpaired) electrons. The molecule has 0 aliphatic carbocycles. The third kappa shape index (κ3) is 5.19. The van der Waals surface area contributed by atoms with Crippen LogP contribution in [0.1, 0.15) is 20.3 Å². The van der Waals surface area contributed by atoms with Crippen LogP contribution in [0.4, 0.5) is 0 Å². The molecular weight excluding hydrogens is 428 g/mol. The number of carbonyl (C=O) groups is 1. The normalized spacial score (nSPS) is 14.8. The van der Waals surface area contributed by atoms with E-state index in [-0.39, 0.29) is 5.91 Å². The third-order valence-electron chi connectivity index (χ3n) is 5.54. The van der Waals surface area contributed by atoms with Gasteiger partial charge >= 0.3 is 0 Å². The van der Waals surface area contributed by atoms with E-state index >= 15 is 0 Å². The average Bonchev–Trinajstić information content (AvgIpc) is 3.25. The summed E-state index contributed by atoms with van der Waals surface area (Å²) in [6.45, 7) is 9.48. The molecule has 0 bridgehead atoms. The zero-order valence-corrected chi connectivity index (χ0v) is 19.7. The van der Waals surface area contributed by atoms with Crippen molar-refractivity contribution in [2.45, 2.75) is 25.3 Å². The maximum absolute atomic E-state index is 12.6. The highest BCUT2D eigenvalue weighted by atomic mass is 32.2. The van der Waals surface area contributed by atoms with Gasteiger partial charge in [-0.25, -0.2) is 9.97 Å². The van der Waals surface area contributed by atoms with Crippen LogP contribution in [0.3, 0.4) is 0 Å². The molecule has 1 amide bonds. The largest absolute Gasteiger partial charge is 0.494 e. The quantitative estimate of drug-likeness (QED) is 0.370. The standard InChI is InChI=1S/C23H28N4O2S2/c1-3-26-10-12-27(13-11-26)20(28)9-14-30-22-21-19(15-31-23(21)25-16-24-22)17-5-7-18(8-6-17)29-4-2/h5-8,15-16H,3-4,9-14H2,1-2H3. The van der Waals surface area contributed by atoms with Crippen molar-refractivity contribution in [3.05, 3.63) is 36.0 Å². The van der Waals surface area contributed by atoms with Crippen LogP contribution < -0.4 is 4.74 Å². The summed E-state index contributed by atoms with van der Waals surface area (Å²) >= 11 is 3.27. The highest BCUT2D eigenvalue weighted by Crippen LogP contribution is 2.38. The Morgan fingerprint density at radius 1 is 1.13 bits per heavy atom. The highest BCUT2D eigenvalue weighted by Gasteiger charge is 2.20. The molecule has 1 aliphatic rings. The first-order valence-corrected chi connectivity index (χ1v) is 12.6. The maximum Gasteiger partial charge on any atom is 0.223 e. The Bertz CT molecular complexity index is 1010. The van der Waals surface area contributed by atoms with Gasteiger partial charge in [0.05, 0.1) is 12.0 Å². The fourth-order valence-corrected chi connectivity index (χ4v) is 5.70. The smallest absolute Gasteiger partial charge is 0.223 e. The first kappa shape index (κ1) is 22.0. The highest BCUT2D eigenvalue weighted by molar-refractivity contribution is 7.99. The molecule has 1 saturated heterocycles. The van der Waals surface area contributed by atoms with Gasteiger partial charge in [0, 0.05) is 49.3 Å². The molecule has 8 heteroatoms. The van der Waals surface area contributed by atoms with E-state index in [1.54, 1.807) is 29.4 Å². The summed E-state index contributed by atoms with van der Waals surface area (Å²) in [5.41, 5.74) is 2.25. The Balaban J connectivity index is 1.43. The number of thiophene rings is 1. The molecule has 1 fully saturated rings. The molecule has 4 rings (SSSR count). The number of aromatic nitrogens is 2. The van der Waals surface area contributed by atoms with Gasteiger partial charge in [-0.1, -0.05) is 19.1 Å². The molecule has 164 valence electrons. The summed E-state index contributed by atoms with van der Waals surface area (Å²) in [5, 5.41) is 4.15. The minimum absolute atomic E-state index is 0.241. The predicted molar refractivity (Wildman–Crippen MR) is 128 cm³/mol. The lowest BCUT2D eigenvalue weighted by Gasteiger charge is -2.34. The second kappa shape index (κ2) is 10.4. The summed E-state index contributed by atoms with van der Waals surface area (Å²) in [4.78, 5) is 27.0. The number of hydrogen-bond donors (Lipinski definition) is 0. The molecule has 3 heterocycles. The van der Waals surface area contributed by atoms with E-state index in [0.29, 0.717) is 13.0 Å². The number of ether oxygens (including phenoxy) is 1. The SMILES string of the molecule is CCOc1ccc(-c2csc3ncnc(SCCC(=O)N4CCN(CC)CC4)c23)cc1. The maximum atomic E-state index is 12.6. The van der Waals surface area contributed by atoms with Gasteiger partial charge in [0.2, 0.25) is 5.91 Å². The molecule has 31 heavy (non-hydrogen) atoms. The van der Waals surface area contributed by atoms with E-state index in [4.69, 9.17) is 4.74 Å². The number of nitrogens with zero attached hydrogens (tertiary/aromatic N) is 4. The van der Waals surface area contributed by atoms with Gasteiger partial charge in [-0.2, -0.15) is 0 Å². The third-order valence-corrected chi connectivity index (χ3v) is 7.42. The van der Waals surface area contributed by atoms with E-state index in [1.807, 2.05) is 24.0 Å². The fourth-order valence-electron chi connectivity index (χ4n) is 3.77. The minimum Gasteiger partial charge on any atom is -0.494 e. The van der Waals surface area contributed by atoms with Crippen LogP contribution in [0.15, 0.2) is 41.0 Å². The summed E-state index contributed by atoms with van der Waals surface area (Å²) in [6.07, 6.45) is 2.15. The number of rotatable bonds is 8. The Morgan fingerprint density at radius 3 is 2.61 bits per heavy atom. The van der Waals surface area contributed by atoms with Crippen LogP contribution in [0.2, 0.25) is 0 Å². The number of carbonyl (C=O) groups excluding carboxylic acids is 1. The van der Waals surface area contributed by atoms with Crippen LogP contribution in [0.25, 0.3) is 21.3 Å². The number of fused-ring (bicyclic) bond motifs is 1. The molecule has 0 spiro atoms. The second-order valence-corrected chi connectivity index (χ2v) is 9.32. The molecule has 0 saturated carbocycles. The van der Waals surface area contributed by atoms with Crippen LogP contribution in [-0.4, -0.2) is 70.8 Å². The van der Waals surface area contributed by atoms with Gasteiger partial charge in [-0.05, 0) is 31.2 Å². The van der Waals surface area contributed by atoms with Gasteiger partial charge in [-0.3, -0.25) is 4.79 Å². The summed E-state index contributed by atoms with van der Waals surface area (Å²) in [7, 11) is 0. The lowest BCUT2D eigenvalue weighted by atomic mass is 10.1. The first-order valence-electron chi connectivity index (χ1n) is 10.8. The van der Waals surface area contributed by atoms with Crippen molar-refractivity contribution in [2.75, 3.05) is 45.1 Å².